The third-order valence-electron chi connectivity index (χ3n) is 11.5. The molecule has 51 heavy (non-hydrogen) atoms. The molecule has 5 aliphatic carbocycles. The van der Waals surface area contributed by atoms with Gasteiger partial charge in [-0.2, -0.15) is 0 Å². The largest absolute Gasteiger partial charge is 0.351 e. The van der Waals surface area contributed by atoms with Crippen LogP contribution in [0, 0.1) is 29.1 Å². The number of hydrogen-bond acceptors (Lipinski definition) is 7. The molecular weight excluding hydrogens is 652 g/mol. The smallest absolute Gasteiger partial charge is 0.287 e. The van der Waals surface area contributed by atoms with E-state index in [4.69, 9.17) is 0 Å². The van der Waals surface area contributed by atoms with E-state index in [1.54, 1.807) is 32.0 Å². The Morgan fingerprint density at radius 1 is 1.00 bits per heavy atom. The number of fused-ring (bicyclic) bond motifs is 1. The number of likely N-dealkylation sites (N-methyl/N-ethyl adjacent to an activating group) is 1. The van der Waals surface area contributed by atoms with Gasteiger partial charge in [-0.3, -0.25) is 33.6 Å². The molecule has 1 aromatic carbocycles. The van der Waals surface area contributed by atoms with Crippen molar-refractivity contribution in [2.45, 2.75) is 83.3 Å². The number of pyridine rings is 1. The minimum atomic E-state index is -1.20. The van der Waals surface area contributed by atoms with Crippen LogP contribution in [0.3, 0.4) is 0 Å². The second kappa shape index (κ2) is 14.8. The summed E-state index contributed by atoms with van der Waals surface area (Å²) in [6, 6.07) is 9.52. The predicted octanol–water partition coefficient (Wildman–Crippen LogP) is 1.57. The highest BCUT2D eigenvalue weighted by molar-refractivity contribution is 6.36. The molecule has 4 bridgehead atoms. The molecule has 0 saturated heterocycles. The number of amides is 5. The van der Waals surface area contributed by atoms with Crippen molar-refractivity contribution in [1.29, 1.82) is 0 Å². The molecule has 0 spiro atoms. The molecular formula is C38H48N6O7. The maximum Gasteiger partial charge on any atom is 0.287 e. The second-order valence-corrected chi connectivity index (χ2v) is 15.0. The van der Waals surface area contributed by atoms with Gasteiger partial charge in [0.05, 0.1) is 5.41 Å². The summed E-state index contributed by atoms with van der Waals surface area (Å²) < 4.78 is 1.21. The van der Waals surface area contributed by atoms with E-state index in [1.165, 1.54) is 22.4 Å². The van der Waals surface area contributed by atoms with Crippen LogP contribution in [0.25, 0.3) is 0 Å². The number of nitrogens with one attached hydrogen (secondary N) is 4. The van der Waals surface area contributed by atoms with Gasteiger partial charge in [0.2, 0.25) is 29.4 Å². The number of benzene rings is 1. The van der Waals surface area contributed by atoms with E-state index in [0.717, 1.165) is 37.7 Å². The average molecular weight is 701 g/mol. The quantitative estimate of drug-likeness (QED) is 0.230. The fourth-order valence-electron chi connectivity index (χ4n) is 9.31. The first-order chi connectivity index (χ1) is 24.4. The summed E-state index contributed by atoms with van der Waals surface area (Å²) in [4.78, 5) is 93.4. The summed E-state index contributed by atoms with van der Waals surface area (Å²) in [6.07, 6.45) is 6.35. The van der Waals surface area contributed by atoms with Crippen LogP contribution in [0.1, 0.15) is 63.0 Å². The van der Waals surface area contributed by atoms with Crippen molar-refractivity contribution >= 4 is 41.0 Å². The summed E-state index contributed by atoms with van der Waals surface area (Å²) in [5.74, 6) is -2.38. The Labute approximate surface area is 297 Å². The van der Waals surface area contributed by atoms with Gasteiger partial charge >= 0.3 is 0 Å². The molecule has 2 aromatic rings. The molecule has 13 nitrogen and oxygen atoms in total. The van der Waals surface area contributed by atoms with E-state index >= 15 is 0 Å². The number of Topliss-reactive ketones (excluding diaryl/α,β-unsaturated/α-hetero) is 1. The molecule has 6 unspecified atom stereocenters. The summed E-state index contributed by atoms with van der Waals surface area (Å²) in [5.41, 5.74) is 1.11. The number of hydrogen-bond donors (Lipinski definition) is 4. The molecule has 1 heterocycles. The Morgan fingerprint density at radius 3 is 2.51 bits per heavy atom. The maximum atomic E-state index is 13.6. The third kappa shape index (κ3) is 7.34. The molecule has 7 atom stereocenters. The first-order valence-electron chi connectivity index (χ1n) is 18.1. The van der Waals surface area contributed by atoms with Crippen LogP contribution in [0.5, 0.6) is 0 Å². The number of nitrogens with zero attached hydrogens (tertiary/aromatic N) is 2. The molecule has 4 N–H and O–H groups in total. The maximum absolute atomic E-state index is 13.6. The lowest BCUT2D eigenvalue weighted by Crippen LogP contribution is -2.48. The zero-order chi connectivity index (χ0) is 36.4. The number of anilines is 1. The first-order valence-corrected chi connectivity index (χ1v) is 18.1. The Hall–Kier alpha value is -4.81. The average Bonchev–Trinajstić information content (AvgIpc) is 3.49. The summed E-state index contributed by atoms with van der Waals surface area (Å²) in [7, 11) is 3.56. The molecule has 5 aliphatic rings. The fraction of sp³-hybridized carbons (Fsp3) is 0.553. The molecule has 4 fully saturated rings. The molecule has 5 amide bonds. The molecule has 7 rings (SSSR count). The van der Waals surface area contributed by atoms with Crippen LogP contribution in [0.15, 0.2) is 47.4 Å². The Bertz CT molecular complexity index is 1790. The van der Waals surface area contributed by atoms with Crippen LogP contribution in [0.2, 0.25) is 0 Å². The van der Waals surface area contributed by atoms with Crippen LogP contribution in [-0.2, 0) is 48.2 Å². The molecule has 13 heteroatoms. The highest BCUT2D eigenvalue weighted by Crippen LogP contribution is 2.65. The van der Waals surface area contributed by atoms with Gasteiger partial charge in [0.15, 0.2) is 0 Å². The minimum Gasteiger partial charge on any atom is -0.351 e. The van der Waals surface area contributed by atoms with Crippen LogP contribution >= 0.6 is 0 Å². The number of aromatic nitrogens is 1. The van der Waals surface area contributed by atoms with Gasteiger partial charge in [0.1, 0.15) is 18.3 Å². The van der Waals surface area contributed by atoms with E-state index in [-0.39, 0.29) is 73.1 Å². The van der Waals surface area contributed by atoms with E-state index in [9.17, 15) is 33.6 Å². The molecule has 0 aliphatic heterocycles. The first kappa shape index (κ1) is 36.0. The Morgan fingerprint density at radius 2 is 1.76 bits per heavy atom. The number of carbonyl (C=O) groups is 6. The predicted molar refractivity (Wildman–Crippen MR) is 188 cm³/mol. The van der Waals surface area contributed by atoms with Crippen molar-refractivity contribution < 1.29 is 28.8 Å². The zero-order valence-corrected chi connectivity index (χ0v) is 29.5. The molecule has 4 saturated carbocycles. The molecule has 1 aromatic heterocycles. The number of rotatable bonds is 13. The van der Waals surface area contributed by atoms with Crippen molar-refractivity contribution in [3.8, 4) is 0 Å². The van der Waals surface area contributed by atoms with Crippen molar-refractivity contribution in [2.75, 3.05) is 26.0 Å². The standard InChI is InChI=1S/C38H48N6O7/c1-4-39-35(49)30(45)14-13-28(40-33(47)25-12-11-23-8-5-6-9-24(23)18-25)34(48)41-29-10-7-15-44(36(29)50)21-31(46)42-32-26-16-22-17-27(32)38(19-22,20-26)37(51)43(2)3/h5-10,15,22,25-28,32H,4,11-14,16-21H2,1-3H3,(H,39,49)(H,40,47)(H,41,48)(H,42,46)/t22?,25?,26?,27?,28-,32?,38?/m0/s1. The van der Waals surface area contributed by atoms with Crippen molar-refractivity contribution in [2.24, 2.45) is 29.1 Å². The van der Waals surface area contributed by atoms with Gasteiger partial charge in [-0.25, -0.2) is 0 Å². The van der Waals surface area contributed by atoms with Crippen LogP contribution < -0.4 is 26.8 Å². The van der Waals surface area contributed by atoms with Gasteiger partial charge < -0.3 is 30.7 Å². The van der Waals surface area contributed by atoms with E-state index < -0.39 is 34.6 Å². The van der Waals surface area contributed by atoms with E-state index in [0.29, 0.717) is 18.8 Å². The summed E-state index contributed by atoms with van der Waals surface area (Å²) in [6.45, 7) is 1.68. The highest BCUT2D eigenvalue weighted by atomic mass is 16.2. The van der Waals surface area contributed by atoms with E-state index in [2.05, 4.69) is 21.3 Å². The fourth-order valence-corrected chi connectivity index (χ4v) is 9.31. The number of aryl methyl sites for hydroxylation is 1. The van der Waals surface area contributed by atoms with Crippen LogP contribution in [-0.4, -0.2) is 77.5 Å². The number of carbonyl (C=O) groups excluding carboxylic acids is 6. The highest BCUT2D eigenvalue weighted by Gasteiger charge is 2.66. The van der Waals surface area contributed by atoms with Crippen molar-refractivity contribution in [3.05, 3.63) is 64.1 Å². The monoisotopic (exact) mass is 700 g/mol. The normalized spacial score (nSPS) is 26.1. The molecule has 0 radical (unpaired) electrons. The SMILES string of the molecule is CCNC(=O)C(=O)CC[C@H](NC(=O)C1CCc2ccccc2C1)C(=O)Nc1cccn(CC(=O)NC2C3CC4CC2C(C(=O)N(C)C)(C4)C3)c1=O. The Kier molecular flexibility index (Phi) is 10.5. The van der Waals surface area contributed by atoms with Gasteiger partial charge in [-0.1, -0.05) is 24.3 Å². The van der Waals surface area contributed by atoms with Gasteiger partial charge in [-0.05, 0) is 99.3 Å². The molecule has 272 valence electrons. The lowest BCUT2D eigenvalue weighted by Gasteiger charge is -2.33. The number of ketones is 1. The lowest BCUT2D eigenvalue weighted by molar-refractivity contribution is -0.141. The van der Waals surface area contributed by atoms with Crippen molar-refractivity contribution in [1.82, 2.24) is 25.4 Å². The van der Waals surface area contributed by atoms with Gasteiger partial charge in [0.25, 0.3) is 11.5 Å². The van der Waals surface area contributed by atoms with Crippen LogP contribution in [0.4, 0.5) is 5.69 Å². The summed E-state index contributed by atoms with van der Waals surface area (Å²) in [5, 5.41) is 11.0. The van der Waals surface area contributed by atoms with Gasteiger partial charge in [0, 0.05) is 45.2 Å². The van der Waals surface area contributed by atoms with Gasteiger partial charge in [-0.15, -0.1) is 0 Å². The topological polar surface area (TPSA) is 176 Å². The Balaban J connectivity index is 1.12. The lowest BCUT2D eigenvalue weighted by atomic mass is 9.74. The van der Waals surface area contributed by atoms with E-state index in [1.807, 2.05) is 24.3 Å². The van der Waals surface area contributed by atoms with Crippen molar-refractivity contribution in [3.63, 3.8) is 0 Å². The second-order valence-electron chi connectivity index (χ2n) is 15.0. The summed E-state index contributed by atoms with van der Waals surface area (Å²) >= 11 is 0. The zero-order valence-electron chi connectivity index (χ0n) is 29.5. The third-order valence-corrected chi connectivity index (χ3v) is 11.5. The minimum absolute atomic E-state index is 0.0675.